The number of unbranched alkanes of at least 4 members (excludes halogenated alkanes) is 1. The topological polar surface area (TPSA) is 60.4 Å². The summed E-state index contributed by atoms with van der Waals surface area (Å²) in [6.07, 6.45) is 2.69. The Morgan fingerprint density at radius 1 is 1.16 bits per heavy atom. The fourth-order valence-electron chi connectivity index (χ4n) is 1.85. The van der Waals surface area contributed by atoms with E-state index in [0.29, 0.717) is 5.56 Å². The minimum absolute atomic E-state index is 0.181. The Bertz CT molecular complexity index is 569. The lowest BCUT2D eigenvalue weighted by atomic mass is 9.89. The van der Waals surface area contributed by atoms with Crippen LogP contribution < -0.4 is 0 Å². The average molecular weight is 258 g/mol. The lowest BCUT2D eigenvalue weighted by Gasteiger charge is -2.13. The van der Waals surface area contributed by atoms with Crippen LogP contribution in [0.5, 0.6) is 0 Å². The van der Waals surface area contributed by atoms with E-state index in [9.17, 15) is 14.4 Å². The fraction of sp³-hybridized carbons (Fsp3) is 0.267. The van der Waals surface area contributed by atoms with Crippen LogP contribution in [0.25, 0.3) is 0 Å². The van der Waals surface area contributed by atoms with E-state index in [1.54, 1.807) is 24.3 Å². The summed E-state index contributed by atoms with van der Waals surface area (Å²) in [7, 11) is 0. The molecule has 4 heteroatoms. The number of ketones is 2. The van der Waals surface area contributed by atoms with E-state index in [4.69, 9.17) is 4.74 Å². The molecule has 0 radical (unpaired) electrons. The Morgan fingerprint density at radius 2 is 1.84 bits per heavy atom. The van der Waals surface area contributed by atoms with Gasteiger partial charge in [0.25, 0.3) is 0 Å². The molecule has 98 valence electrons. The molecule has 0 aromatic heterocycles. The number of hydrogen-bond acceptors (Lipinski definition) is 4. The molecule has 0 heterocycles. The molecule has 0 bridgehead atoms. The molecular formula is C15H14O4. The molecule has 1 aliphatic carbocycles. The highest BCUT2D eigenvalue weighted by atomic mass is 16.5. The second-order valence-electron chi connectivity index (χ2n) is 4.29. The van der Waals surface area contributed by atoms with Crippen molar-refractivity contribution >= 4 is 17.5 Å². The zero-order valence-corrected chi connectivity index (χ0v) is 10.6. The van der Waals surface area contributed by atoms with E-state index in [1.807, 2.05) is 6.92 Å². The third-order valence-electron chi connectivity index (χ3n) is 2.91. The van der Waals surface area contributed by atoms with Crippen LogP contribution in [0.15, 0.2) is 35.9 Å². The number of benzene rings is 1. The van der Waals surface area contributed by atoms with E-state index >= 15 is 0 Å². The van der Waals surface area contributed by atoms with Crippen molar-refractivity contribution in [1.82, 2.24) is 0 Å². The number of ether oxygens (including phenoxy) is 1. The third kappa shape index (κ3) is 2.62. The lowest BCUT2D eigenvalue weighted by molar-refractivity contribution is -0.138. The third-order valence-corrected chi connectivity index (χ3v) is 2.91. The number of Topliss-reactive ketones (excluding diaryl/α,β-unsaturated/α-hetero) is 1. The average Bonchev–Trinajstić information content (AvgIpc) is 2.43. The van der Waals surface area contributed by atoms with Crippen molar-refractivity contribution in [3.63, 3.8) is 0 Å². The van der Waals surface area contributed by atoms with Crippen LogP contribution in [0.3, 0.4) is 0 Å². The Morgan fingerprint density at radius 3 is 2.53 bits per heavy atom. The maximum Gasteiger partial charge on any atom is 0.342 e. The monoisotopic (exact) mass is 258 g/mol. The number of allylic oxidation sites excluding steroid dienone is 1. The summed E-state index contributed by atoms with van der Waals surface area (Å²) < 4.78 is 4.98. The Balaban J connectivity index is 2.23. The number of fused-ring (bicyclic) bond motifs is 1. The highest BCUT2D eigenvalue weighted by Gasteiger charge is 2.30. The Labute approximate surface area is 111 Å². The first-order valence-corrected chi connectivity index (χ1v) is 6.22. The minimum Gasteiger partial charge on any atom is -0.462 e. The summed E-state index contributed by atoms with van der Waals surface area (Å²) >= 11 is 0. The molecule has 0 N–H and O–H groups in total. The van der Waals surface area contributed by atoms with Crippen molar-refractivity contribution in [1.29, 1.82) is 0 Å². The molecule has 1 aromatic rings. The summed E-state index contributed by atoms with van der Waals surface area (Å²) in [5, 5.41) is 0. The molecule has 0 atom stereocenters. The summed E-state index contributed by atoms with van der Waals surface area (Å²) in [4.78, 5) is 35.7. The SMILES string of the molecule is CCCCOC(=O)C1=CC(=O)c2ccccc2C1=O. The minimum atomic E-state index is -0.721. The molecule has 0 spiro atoms. The van der Waals surface area contributed by atoms with Crippen LogP contribution in [-0.4, -0.2) is 24.1 Å². The highest BCUT2D eigenvalue weighted by Crippen LogP contribution is 2.21. The van der Waals surface area contributed by atoms with Gasteiger partial charge in [0.05, 0.1) is 6.61 Å². The molecule has 1 aromatic carbocycles. The van der Waals surface area contributed by atoms with Gasteiger partial charge in [0.1, 0.15) is 5.57 Å². The van der Waals surface area contributed by atoms with Gasteiger partial charge in [-0.3, -0.25) is 9.59 Å². The van der Waals surface area contributed by atoms with Crippen molar-refractivity contribution in [3.05, 3.63) is 47.0 Å². The molecule has 0 fully saturated rings. The molecule has 2 rings (SSSR count). The van der Waals surface area contributed by atoms with Crippen LogP contribution >= 0.6 is 0 Å². The summed E-state index contributed by atoms with van der Waals surface area (Å²) in [5.41, 5.74) is 0.412. The van der Waals surface area contributed by atoms with Crippen LogP contribution in [0.1, 0.15) is 40.5 Å². The highest BCUT2D eigenvalue weighted by molar-refractivity contribution is 6.33. The van der Waals surface area contributed by atoms with Gasteiger partial charge in [-0.25, -0.2) is 4.79 Å². The quantitative estimate of drug-likeness (QED) is 0.472. The second kappa shape index (κ2) is 5.61. The molecule has 1 aliphatic rings. The van der Waals surface area contributed by atoms with Crippen LogP contribution in [-0.2, 0) is 9.53 Å². The van der Waals surface area contributed by atoms with Crippen LogP contribution in [0.4, 0.5) is 0 Å². The number of esters is 1. The maximum absolute atomic E-state index is 12.1. The van der Waals surface area contributed by atoms with E-state index in [1.165, 1.54) is 0 Å². The zero-order chi connectivity index (χ0) is 13.8. The normalized spacial score (nSPS) is 13.8. The zero-order valence-electron chi connectivity index (χ0n) is 10.6. The van der Waals surface area contributed by atoms with Crippen molar-refractivity contribution in [2.24, 2.45) is 0 Å². The van der Waals surface area contributed by atoms with E-state index in [0.717, 1.165) is 18.9 Å². The summed E-state index contributed by atoms with van der Waals surface area (Å²) in [6.45, 7) is 2.23. The molecule has 0 unspecified atom stereocenters. The molecule has 0 amide bonds. The molecule has 4 nitrogen and oxygen atoms in total. The predicted molar refractivity (Wildman–Crippen MR) is 69.1 cm³/mol. The molecular weight excluding hydrogens is 244 g/mol. The van der Waals surface area contributed by atoms with E-state index < -0.39 is 11.8 Å². The van der Waals surface area contributed by atoms with Crippen LogP contribution in [0.2, 0.25) is 0 Å². The molecule has 19 heavy (non-hydrogen) atoms. The van der Waals surface area contributed by atoms with Gasteiger partial charge in [0.15, 0.2) is 5.78 Å². The number of carbonyl (C=O) groups excluding carboxylic acids is 3. The van der Waals surface area contributed by atoms with Gasteiger partial charge >= 0.3 is 5.97 Å². The van der Waals surface area contributed by atoms with Gasteiger partial charge in [-0.2, -0.15) is 0 Å². The summed E-state index contributed by atoms with van der Waals surface area (Å²) in [6, 6.07) is 6.46. The van der Waals surface area contributed by atoms with E-state index in [2.05, 4.69) is 0 Å². The van der Waals surface area contributed by atoms with E-state index in [-0.39, 0.29) is 23.5 Å². The van der Waals surface area contributed by atoms with Crippen molar-refractivity contribution < 1.29 is 19.1 Å². The van der Waals surface area contributed by atoms with Gasteiger partial charge < -0.3 is 4.74 Å². The Hall–Kier alpha value is -2.23. The number of carbonyl (C=O) groups is 3. The predicted octanol–water partition coefficient (Wildman–Crippen LogP) is 2.34. The smallest absolute Gasteiger partial charge is 0.342 e. The number of hydrogen-bond donors (Lipinski definition) is 0. The second-order valence-corrected chi connectivity index (χ2v) is 4.29. The Kier molecular flexibility index (Phi) is 3.90. The summed E-state index contributed by atoms with van der Waals surface area (Å²) in [5.74, 6) is -1.50. The lowest BCUT2D eigenvalue weighted by Crippen LogP contribution is -2.23. The molecule has 0 saturated carbocycles. The molecule has 0 aliphatic heterocycles. The first-order chi connectivity index (χ1) is 9.15. The van der Waals surface area contributed by atoms with Gasteiger partial charge in [-0.05, 0) is 6.42 Å². The maximum atomic E-state index is 12.1. The van der Waals surface area contributed by atoms with Gasteiger partial charge in [0.2, 0.25) is 5.78 Å². The van der Waals surface area contributed by atoms with Crippen molar-refractivity contribution in [3.8, 4) is 0 Å². The van der Waals surface area contributed by atoms with Gasteiger partial charge in [-0.15, -0.1) is 0 Å². The first kappa shape index (κ1) is 13.2. The molecule has 0 saturated heterocycles. The van der Waals surface area contributed by atoms with Crippen LogP contribution in [0, 0.1) is 0 Å². The largest absolute Gasteiger partial charge is 0.462 e. The number of rotatable bonds is 4. The van der Waals surface area contributed by atoms with Gasteiger partial charge in [-0.1, -0.05) is 37.6 Å². The van der Waals surface area contributed by atoms with Crippen molar-refractivity contribution in [2.75, 3.05) is 6.61 Å². The van der Waals surface area contributed by atoms with Crippen molar-refractivity contribution in [2.45, 2.75) is 19.8 Å². The standard InChI is InChI=1S/C15H14O4/c1-2-3-8-19-15(18)12-9-13(16)10-6-4-5-7-11(10)14(12)17/h4-7,9H,2-3,8H2,1H3. The fourth-order valence-corrected chi connectivity index (χ4v) is 1.85. The first-order valence-electron chi connectivity index (χ1n) is 6.22. The van der Waals surface area contributed by atoms with Gasteiger partial charge in [0, 0.05) is 17.2 Å².